The van der Waals surface area contributed by atoms with Gasteiger partial charge in [0, 0.05) is 50.9 Å². The number of fused-ring (bicyclic) bond motifs is 1. The lowest BCUT2D eigenvalue weighted by atomic mass is 10.1. The highest BCUT2D eigenvalue weighted by atomic mass is 16.5. The Labute approximate surface area is 204 Å². The molecule has 0 spiro atoms. The minimum atomic E-state index is -0.211. The second-order valence-corrected chi connectivity index (χ2v) is 10.2. The first-order chi connectivity index (χ1) is 16.4. The maximum atomic E-state index is 13.3. The SMILES string of the molecule is COc1ccccc1[C@@H]1CN(CC(=O)N(C)C[C@@H]2CCN(CC(C)C)C2)Cc2ccccc2O1. The predicted octanol–water partition coefficient (Wildman–Crippen LogP) is 4.07. The van der Waals surface area contributed by atoms with Crippen molar-refractivity contribution in [2.45, 2.75) is 32.9 Å². The van der Waals surface area contributed by atoms with Crippen molar-refractivity contribution in [3.63, 3.8) is 0 Å². The van der Waals surface area contributed by atoms with Crippen LogP contribution in [-0.4, -0.2) is 74.0 Å². The van der Waals surface area contributed by atoms with Crippen molar-refractivity contribution in [3.05, 3.63) is 59.7 Å². The molecule has 6 heteroatoms. The predicted molar refractivity (Wildman–Crippen MR) is 135 cm³/mol. The van der Waals surface area contributed by atoms with E-state index in [4.69, 9.17) is 9.47 Å². The van der Waals surface area contributed by atoms with Crippen molar-refractivity contribution in [3.8, 4) is 11.5 Å². The van der Waals surface area contributed by atoms with Crippen LogP contribution in [0.1, 0.15) is 37.5 Å². The molecule has 2 aromatic carbocycles. The number of likely N-dealkylation sites (tertiary alicyclic amines) is 1. The second kappa shape index (κ2) is 11.2. The van der Waals surface area contributed by atoms with E-state index < -0.39 is 0 Å². The van der Waals surface area contributed by atoms with E-state index in [1.807, 2.05) is 54.4 Å². The van der Waals surface area contributed by atoms with Crippen LogP contribution in [-0.2, 0) is 11.3 Å². The number of amides is 1. The first kappa shape index (κ1) is 24.6. The van der Waals surface area contributed by atoms with E-state index in [0.29, 0.717) is 31.5 Å². The Morgan fingerprint density at radius 1 is 1.12 bits per heavy atom. The number of nitrogens with zero attached hydrogens (tertiary/aromatic N) is 3. The molecule has 0 saturated carbocycles. The zero-order chi connectivity index (χ0) is 24.1. The van der Waals surface area contributed by atoms with Gasteiger partial charge in [-0.2, -0.15) is 0 Å². The summed E-state index contributed by atoms with van der Waals surface area (Å²) in [5, 5.41) is 0. The number of carbonyl (C=O) groups is 1. The van der Waals surface area contributed by atoms with E-state index in [9.17, 15) is 4.79 Å². The van der Waals surface area contributed by atoms with Crippen LogP contribution in [0.2, 0.25) is 0 Å². The summed E-state index contributed by atoms with van der Waals surface area (Å²) in [5.41, 5.74) is 2.11. The molecule has 0 radical (unpaired) electrons. The van der Waals surface area contributed by atoms with Crippen molar-refractivity contribution in [2.75, 3.05) is 53.4 Å². The number of likely N-dealkylation sites (N-methyl/N-ethyl adjacent to an activating group) is 1. The Morgan fingerprint density at radius 2 is 1.88 bits per heavy atom. The van der Waals surface area contributed by atoms with Gasteiger partial charge in [0.1, 0.15) is 17.6 Å². The van der Waals surface area contributed by atoms with Gasteiger partial charge in [0.25, 0.3) is 0 Å². The number of para-hydroxylation sites is 2. The molecule has 0 aromatic heterocycles. The molecule has 2 aromatic rings. The monoisotopic (exact) mass is 465 g/mol. The second-order valence-electron chi connectivity index (χ2n) is 10.2. The van der Waals surface area contributed by atoms with Gasteiger partial charge in [0.05, 0.1) is 13.7 Å². The maximum Gasteiger partial charge on any atom is 0.236 e. The minimum absolute atomic E-state index is 0.167. The number of ether oxygens (including phenoxy) is 2. The van der Waals surface area contributed by atoms with Crippen molar-refractivity contribution >= 4 is 5.91 Å². The first-order valence-corrected chi connectivity index (χ1v) is 12.5. The molecule has 0 aliphatic carbocycles. The summed E-state index contributed by atoms with van der Waals surface area (Å²) in [6.45, 7) is 10.4. The lowest BCUT2D eigenvalue weighted by molar-refractivity contribution is -0.132. The summed E-state index contributed by atoms with van der Waals surface area (Å²) in [4.78, 5) is 19.9. The average molecular weight is 466 g/mol. The van der Waals surface area contributed by atoms with Crippen LogP contribution in [0.5, 0.6) is 11.5 Å². The lowest BCUT2D eigenvalue weighted by Gasteiger charge is -2.28. The summed E-state index contributed by atoms with van der Waals surface area (Å²) >= 11 is 0. The van der Waals surface area contributed by atoms with Crippen LogP contribution in [0.15, 0.2) is 48.5 Å². The van der Waals surface area contributed by atoms with E-state index in [0.717, 1.165) is 48.8 Å². The minimum Gasteiger partial charge on any atom is -0.496 e. The number of methoxy groups -OCH3 is 1. The van der Waals surface area contributed by atoms with Crippen LogP contribution < -0.4 is 9.47 Å². The summed E-state index contributed by atoms with van der Waals surface area (Å²) in [7, 11) is 3.64. The third-order valence-electron chi connectivity index (χ3n) is 6.86. The molecular weight excluding hydrogens is 426 g/mol. The Bertz CT molecular complexity index is 963. The highest BCUT2D eigenvalue weighted by Gasteiger charge is 2.29. The van der Waals surface area contributed by atoms with Crippen molar-refractivity contribution in [1.29, 1.82) is 0 Å². The van der Waals surface area contributed by atoms with E-state index >= 15 is 0 Å². The van der Waals surface area contributed by atoms with Crippen molar-refractivity contribution in [2.24, 2.45) is 11.8 Å². The Balaban J connectivity index is 1.43. The van der Waals surface area contributed by atoms with Crippen molar-refractivity contribution in [1.82, 2.24) is 14.7 Å². The molecule has 2 heterocycles. The van der Waals surface area contributed by atoms with Crippen molar-refractivity contribution < 1.29 is 14.3 Å². The summed E-state index contributed by atoms with van der Waals surface area (Å²) in [6.07, 6.45) is 0.961. The molecule has 184 valence electrons. The maximum absolute atomic E-state index is 13.3. The molecule has 1 saturated heterocycles. The summed E-state index contributed by atoms with van der Waals surface area (Å²) < 4.78 is 12.1. The van der Waals surface area contributed by atoms with Crippen LogP contribution in [0.25, 0.3) is 0 Å². The zero-order valence-electron chi connectivity index (χ0n) is 21.1. The smallest absolute Gasteiger partial charge is 0.236 e. The van der Waals surface area contributed by atoms with Gasteiger partial charge < -0.3 is 19.3 Å². The summed E-state index contributed by atoms with van der Waals surface area (Å²) in [5.74, 6) is 3.09. The van der Waals surface area contributed by atoms with Gasteiger partial charge in [-0.15, -0.1) is 0 Å². The molecule has 34 heavy (non-hydrogen) atoms. The Hall–Kier alpha value is -2.57. The highest BCUT2D eigenvalue weighted by Crippen LogP contribution is 2.34. The fraction of sp³-hybridized carbons (Fsp3) is 0.536. The standard InChI is InChI=1S/C28H39N3O3/c1-21(2)15-30-14-13-22(17-30)16-29(3)28(32)20-31-18-23-9-5-7-11-25(23)34-27(19-31)24-10-6-8-12-26(24)33-4/h5-12,21-22,27H,13-20H2,1-4H3/t22-,27-/m0/s1. The molecule has 1 fully saturated rings. The fourth-order valence-electron chi connectivity index (χ4n) is 5.24. The highest BCUT2D eigenvalue weighted by molar-refractivity contribution is 5.78. The summed E-state index contributed by atoms with van der Waals surface area (Å²) in [6, 6.07) is 16.1. The van der Waals surface area contributed by atoms with E-state index in [-0.39, 0.29) is 12.0 Å². The molecule has 2 aliphatic rings. The molecule has 1 amide bonds. The number of carbonyl (C=O) groups excluding carboxylic acids is 1. The van der Waals surface area contributed by atoms with Crippen LogP contribution in [0.3, 0.4) is 0 Å². The molecule has 2 aliphatic heterocycles. The van der Waals surface area contributed by atoms with Gasteiger partial charge in [0.15, 0.2) is 0 Å². The molecular formula is C28H39N3O3. The third kappa shape index (κ3) is 6.10. The van der Waals surface area contributed by atoms with E-state index in [1.54, 1.807) is 7.11 Å². The number of rotatable bonds is 8. The first-order valence-electron chi connectivity index (χ1n) is 12.5. The van der Waals surface area contributed by atoms with E-state index in [1.165, 1.54) is 6.42 Å². The lowest BCUT2D eigenvalue weighted by Crippen LogP contribution is -2.41. The van der Waals surface area contributed by atoms with Gasteiger partial charge in [-0.1, -0.05) is 50.2 Å². The molecule has 0 N–H and O–H groups in total. The molecule has 0 unspecified atom stereocenters. The van der Waals surface area contributed by atoms with E-state index in [2.05, 4.69) is 29.7 Å². The van der Waals surface area contributed by atoms with Gasteiger partial charge in [0.2, 0.25) is 5.91 Å². The van der Waals surface area contributed by atoms with Gasteiger partial charge in [-0.3, -0.25) is 9.69 Å². The molecule has 4 rings (SSSR count). The fourth-order valence-corrected chi connectivity index (χ4v) is 5.24. The molecule has 6 nitrogen and oxygen atoms in total. The normalized spacial score (nSPS) is 21.1. The number of hydrogen-bond acceptors (Lipinski definition) is 5. The van der Waals surface area contributed by atoms with Gasteiger partial charge in [-0.05, 0) is 36.9 Å². The van der Waals surface area contributed by atoms with Gasteiger partial charge >= 0.3 is 0 Å². The molecule has 0 bridgehead atoms. The topological polar surface area (TPSA) is 45.2 Å². The largest absolute Gasteiger partial charge is 0.496 e. The van der Waals surface area contributed by atoms with Crippen LogP contribution >= 0.6 is 0 Å². The Kier molecular flexibility index (Phi) is 8.11. The molecule has 2 atom stereocenters. The zero-order valence-corrected chi connectivity index (χ0v) is 21.1. The third-order valence-corrected chi connectivity index (χ3v) is 6.86. The number of benzene rings is 2. The van der Waals surface area contributed by atoms with Crippen LogP contribution in [0, 0.1) is 11.8 Å². The quantitative estimate of drug-likeness (QED) is 0.588. The Morgan fingerprint density at radius 3 is 2.68 bits per heavy atom. The van der Waals surface area contributed by atoms with Crippen LogP contribution in [0.4, 0.5) is 0 Å². The average Bonchev–Trinajstić information content (AvgIpc) is 3.16. The number of hydrogen-bond donors (Lipinski definition) is 0. The van der Waals surface area contributed by atoms with Gasteiger partial charge in [-0.25, -0.2) is 0 Å².